The van der Waals surface area contributed by atoms with Crippen molar-refractivity contribution in [1.29, 1.82) is 0 Å². The van der Waals surface area contributed by atoms with Crippen LogP contribution in [0.2, 0.25) is 10.0 Å². The smallest absolute Gasteiger partial charge is 0.361 e. The Balaban J connectivity index is 1.62. The van der Waals surface area contributed by atoms with Gasteiger partial charge in [0.1, 0.15) is 10.8 Å². The Bertz CT molecular complexity index is 1290. The molecule has 3 aromatic carbocycles. The van der Waals surface area contributed by atoms with E-state index < -0.39 is 5.97 Å². The molecule has 0 saturated heterocycles. The van der Waals surface area contributed by atoms with Crippen LogP contribution in [-0.2, 0) is 11.3 Å². The molecule has 0 aliphatic carbocycles. The highest BCUT2D eigenvalue weighted by Crippen LogP contribution is 2.34. The number of carbonyl (C=O) groups excluding carboxylic acids is 1. The average molecular weight is 514 g/mol. The molecule has 0 unspecified atom stereocenters. The fourth-order valence-electron chi connectivity index (χ4n) is 3.28. The Morgan fingerprint density at radius 3 is 2.41 bits per heavy atom. The van der Waals surface area contributed by atoms with E-state index in [4.69, 9.17) is 32.7 Å². The van der Waals surface area contributed by atoms with Crippen molar-refractivity contribution in [2.24, 2.45) is 0 Å². The topological polar surface area (TPSA) is 66.2 Å². The lowest BCUT2D eigenvalue weighted by Crippen LogP contribution is -2.08. The van der Waals surface area contributed by atoms with Gasteiger partial charge in [0.2, 0.25) is 5.69 Å². The summed E-state index contributed by atoms with van der Waals surface area (Å²) in [7, 11) is 1.62. The summed E-state index contributed by atoms with van der Waals surface area (Å²) in [6, 6.07) is 20.9. The van der Waals surface area contributed by atoms with Gasteiger partial charge in [-0.25, -0.2) is 9.48 Å². The summed E-state index contributed by atoms with van der Waals surface area (Å²) in [5, 5.41) is 10.1. The minimum absolute atomic E-state index is 0.185. The van der Waals surface area contributed by atoms with Gasteiger partial charge in [0.25, 0.3) is 0 Å². The molecule has 34 heavy (non-hydrogen) atoms. The lowest BCUT2D eigenvalue weighted by Gasteiger charge is -2.10. The van der Waals surface area contributed by atoms with Crippen LogP contribution in [0.15, 0.2) is 76.7 Å². The molecule has 4 aromatic rings. The molecule has 0 aliphatic rings. The van der Waals surface area contributed by atoms with Gasteiger partial charge in [-0.05, 0) is 54.4 Å². The molecule has 0 bridgehead atoms. The van der Waals surface area contributed by atoms with Gasteiger partial charge in [0.15, 0.2) is 0 Å². The second kappa shape index (κ2) is 11.0. The quantitative estimate of drug-likeness (QED) is 0.246. The number of nitrogens with zero attached hydrogens (tertiary/aromatic N) is 3. The molecule has 1 heterocycles. The molecule has 1 aromatic heterocycles. The number of hydrogen-bond acceptors (Lipinski definition) is 6. The monoisotopic (exact) mass is 513 g/mol. The molecule has 6 nitrogen and oxygen atoms in total. The first-order valence-electron chi connectivity index (χ1n) is 10.5. The molecule has 0 aliphatic heterocycles. The van der Waals surface area contributed by atoms with E-state index >= 15 is 0 Å². The highest BCUT2D eigenvalue weighted by atomic mass is 35.5. The molecule has 4 rings (SSSR count). The van der Waals surface area contributed by atoms with E-state index in [-0.39, 0.29) is 12.3 Å². The number of rotatable bonds is 8. The van der Waals surface area contributed by atoms with Crippen molar-refractivity contribution in [3.63, 3.8) is 0 Å². The lowest BCUT2D eigenvalue weighted by atomic mass is 10.1. The van der Waals surface area contributed by atoms with Crippen LogP contribution in [0.1, 0.15) is 23.0 Å². The van der Waals surface area contributed by atoms with Crippen molar-refractivity contribution < 1.29 is 14.3 Å². The molecule has 0 spiro atoms. The third-order valence-electron chi connectivity index (χ3n) is 4.96. The summed E-state index contributed by atoms with van der Waals surface area (Å²) >= 11 is 13.8. The van der Waals surface area contributed by atoms with Crippen LogP contribution in [0.4, 0.5) is 0 Å². The first kappa shape index (κ1) is 24.1. The van der Waals surface area contributed by atoms with Crippen molar-refractivity contribution in [1.82, 2.24) is 15.0 Å². The fourth-order valence-corrected chi connectivity index (χ4v) is 4.72. The summed E-state index contributed by atoms with van der Waals surface area (Å²) < 4.78 is 12.1. The highest BCUT2D eigenvalue weighted by Gasteiger charge is 2.22. The summed E-state index contributed by atoms with van der Waals surface area (Å²) in [6.45, 7) is 2.45. The first-order valence-corrected chi connectivity index (χ1v) is 12.0. The van der Waals surface area contributed by atoms with Crippen LogP contribution in [0.5, 0.6) is 5.75 Å². The third-order valence-corrected chi connectivity index (χ3v) is 6.61. The fraction of sp³-hybridized carbons (Fsp3) is 0.160. The number of esters is 1. The Morgan fingerprint density at radius 1 is 1.03 bits per heavy atom. The van der Waals surface area contributed by atoms with Gasteiger partial charge < -0.3 is 9.47 Å². The van der Waals surface area contributed by atoms with Gasteiger partial charge in [-0.3, -0.25) is 0 Å². The van der Waals surface area contributed by atoms with Crippen molar-refractivity contribution >= 4 is 40.9 Å². The molecular weight excluding hydrogens is 493 g/mol. The molecule has 0 amide bonds. The molecule has 9 heteroatoms. The molecule has 0 saturated carbocycles. The predicted molar refractivity (Wildman–Crippen MR) is 134 cm³/mol. The van der Waals surface area contributed by atoms with Crippen LogP contribution in [0, 0.1) is 0 Å². The highest BCUT2D eigenvalue weighted by molar-refractivity contribution is 7.99. The maximum Gasteiger partial charge on any atom is 0.361 e. The second-order valence-corrected chi connectivity index (χ2v) is 9.13. The zero-order valence-electron chi connectivity index (χ0n) is 18.5. The van der Waals surface area contributed by atoms with E-state index in [1.165, 1.54) is 11.8 Å². The van der Waals surface area contributed by atoms with E-state index in [1.54, 1.807) is 30.8 Å². The minimum Gasteiger partial charge on any atom is -0.497 e. The number of hydrogen-bond donors (Lipinski definition) is 0. The van der Waals surface area contributed by atoms with Crippen molar-refractivity contribution in [2.75, 3.05) is 13.7 Å². The third kappa shape index (κ3) is 5.55. The van der Waals surface area contributed by atoms with Crippen LogP contribution in [0.25, 0.3) is 11.1 Å². The van der Waals surface area contributed by atoms with Gasteiger partial charge in [-0.1, -0.05) is 70.5 Å². The van der Waals surface area contributed by atoms with E-state index in [1.807, 2.05) is 54.6 Å². The molecule has 0 fully saturated rings. The normalized spacial score (nSPS) is 10.8. The number of ether oxygens (including phenoxy) is 2. The minimum atomic E-state index is -0.504. The maximum atomic E-state index is 12.5. The first-order chi connectivity index (χ1) is 16.5. The maximum absolute atomic E-state index is 12.5. The standard InChI is InChI=1S/C25H21Cl2N3O3S/c1-3-33-25(31)23-24(30(29-28-23)15-16-4-9-19(32-2)10-5-16)34-20-11-6-17(7-12-20)21-13-8-18(26)14-22(21)27/h4-14H,3,15H2,1-2H3. The summed E-state index contributed by atoms with van der Waals surface area (Å²) in [4.78, 5) is 13.4. The van der Waals surface area contributed by atoms with Crippen LogP contribution < -0.4 is 4.74 Å². The molecule has 0 N–H and O–H groups in total. The summed E-state index contributed by atoms with van der Waals surface area (Å²) in [5.41, 5.74) is 3.03. The average Bonchev–Trinajstić information content (AvgIpc) is 3.22. The number of benzene rings is 3. The number of carbonyl (C=O) groups is 1. The number of aromatic nitrogens is 3. The van der Waals surface area contributed by atoms with Gasteiger partial charge >= 0.3 is 5.97 Å². The largest absolute Gasteiger partial charge is 0.497 e. The Hall–Kier alpha value is -3.00. The van der Waals surface area contributed by atoms with E-state index in [2.05, 4.69) is 10.3 Å². The second-order valence-electron chi connectivity index (χ2n) is 7.22. The van der Waals surface area contributed by atoms with Crippen molar-refractivity contribution in [3.05, 3.63) is 88.0 Å². The van der Waals surface area contributed by atoms with Gasteiger partial charge in [-0.2, -0.15) is 0 Å². The Morgan fingerprint density at radius 2 is 1.76 bits per heavy atom. The van der Waals surface area contributed by atoms with Gasteiger partial charge in [0.05, 0.1) is 20.3 Å². The van der Waals surface area contributed by atoms with Crippen molar-refractivity contribution in [2.45, 2.75) is 23.4 Å². The van der Waals surface area contributed by atoms with Gasteiger partial charge in [0, 0.05) is 20.5 Å². The Kier molecular flexibility index (Phi) is 7.77. The zero-order chi connectivity index (χ0) is 24.1. The van der Waals surface area contributed by atoms with Crippen LogP contribution in [-0.4, -0.2) is 34.7 Å². The van der Waals surface area contributed by atoms with Gasteiger partial charge in [-0.15, -0.1) is 5.10 Å². The van der Waals surface area contributed by atoms with E-state index in [9.17, 15) is 4.79 Å². The van der Waals surface area contributed by atoms with Crippen LogP contribution in [0.3, 0.4) is 0 Å². The SMILES string of the molecule is CCOC(=O)c1nnn(Cc2ccc(OC)cc2)c1Sc1ccc(-c2ccc(Cl)cc2Cl)cc1. The number of halogens is 2. The lowest BCUT2D eigenvalue weighted by molar-refractivity contribution is 0.0515. The molecular formula is C25H21Cl2N3O3S. The molecule has 0 atom stereocenters. The predicted octanol–water partition coefficient (Wildman–Crippen LogP) is 6.64. The zero-order valence-corrected chi connectivity index (χ0v) is 20.8. The summed E-state index contributed by atoms with van der Waals surface area (Å²) in [6.07, 6.45) is 0. The number of methoxy groups -OCH3 is 1. The van der Waals surface area contributed by atoms with Crippen molar-refractivity contribution in [3.8, 4) is 16.9 Å². The van der Waals surface area contributed by atoms with E-state index in [0.717, 1.165) is 27.3 Å². The molecule has 174 valence electrons. The Labute approximate surface area is 211 Å². The van der Waals surface area contributed by atoms with Crippen LogP contribution >= 0.6 is 35.0 Å². The van der Waals surface area contributed by atoms with E-state index in [0.29, 0.717) is 21.6 Å². The summed E-state index contributed by atoms with van der Waals surface area (Å²) in [5.74, 6) is 0.264. The molecule has 0 radical (unpaired) electrons.